The van der Waals surface area contributed by atoms with E-state index in [-0.39, 0.29) is 4.91 Å². The summed E-state index contributed by atoms with van der Waals surface area (Å²) >= 11 is 0. The zero-order valence-electron chi connectivity index (χ0n) is 7.94. The van der Waals surface area contributed by atoms with Crippen LogP contribution in [0, 0.1) is 11.3 Å². The monoisotopic (exact) mass is 203 g/mol. The number of hydrogen-bond acceptors (Lipinski definition) is 4. The highest BCUT2D eigenvalue weighted by atomic mass is 32.2. The fraction of sp³-hybridized carbons (Fsp3) is 0.625. The molecule has 74 valence electrons. The second kappa shape index (κ2) is 4.87. The van der Waals surface area contributed by atoms with Crippen LogP contribution in [-0.2, 0) is 14.6 Å². The normalized spacial score (nSPS) is 12.7. The van der Waals surface area contributed by atoms with E-state index in [0.29, 0.717) is 6.61 Å². The maximum absolute atomic E-state index is 11.4. The van der Waals surface area contributed by atoms with Gasteiger partial charge < -0.3 is 4.74 Å². The summed E-state index contributed by atoms with van der Waals surface area (Å²) in [7, 11) is -3.49. The first-order valence-corrected chi connectivity index (χ1v) is 5.47. The number of ether oxygens (including phenoxy) is 1. The van der Waals surface area contributed by atoms with E-state index in [9.17, 15) is 8.42 Å². The van der Waals surface area contributed by atoms with Crippen LogP contribution in [0.15, 0.2) is 11.2 Å². The smallest absolute Gasteiger partial charge is 0.193 e. The topological polar surface area (TPSA) is 67.2 Å². The summed E-state index contributed by atoms with van der Waals surface area (Å²) in [4.78, 5) is -0.315. The summed E-state index contributed by atoms with van der Waals surface area (Å²) in [6.45, 7) is 5.10. The molecule has 0 aromatic carbocycles. The largest absolute Gasteiger partial charge is 0.499 e. The third-order valence-electron chi connectivity index (χ3n) is 1.39. The van der Waals surface area contributed by atoms with Gasteiger partial charge in [0.1, 0.15) is 12.3 Å². The Kier molecular flexibility index (Phi) is 4.49. The van der Waals surface area contributed by atoms with Crippen molar-refractivity contribution in [1.29, 1.82) is 5.26 Å². The maximum atomic E-state index is 11.4. The van der Waals surface area contributed by atoms with Crippen LogP contribution in [-0.4, -0.2) is 20.3 Å². The zero-order chi connectivity index (χ0) is 10.5. The van der Waals surface area contributed by atoms with Gasteiger partial charge in [-0.05, 0) is 20.8 Å². The van der Waals surface area contributed by atoms with Crippen LogP contribution in [0.2, 0.25) is 0 Å². The van der Waals surface area contributed by atoms with Crippen molar-refractivity contribution >= 4 is 9.84 Å². The van der Waals surface area contributed by atoms with Gasteiger partial charge in [-0.25, -0.2) is 8.42 Å². The van der Waals surface area contributed by atoms with Crippen LogP contribution in [0.1, 0.15) is 20.8 Å². The predicted molar refractivity (Wildman–Crippen MR) is 49.4 cm³/mol. The quantitative estimate of drug-likeness (QED) is 0.508. The number of nitrogens with zero attached hydrogens (tertiary/aromatic N) is 1. The van der Waals surface area contributed by atoms with Crippen LogP contribution in [0.4, 0.5) is 0 Å². The molecule has 0 saturated carbocycles. The highest BCUT2D eigenvalue weighted by molar-refractivity contribution is 7.96. The molecule has 4 nitrogen and oxygen atoms in total. The minimum absolute atomic E-state index is 0.315. The fourth-order valence-corrected chi connectivity index (χ4v) is 1.41. The Labute approximate surface area is 78.7 Å². The molecule has 0 aliphatic rings. The molecule has 0 spiro atoms. The van der Waals surface area contributed by atoms with Gasteiger partial charge in [0.05, 0.1) is 11.9 Å². The van der Waals surface area contributed by atoms with E-state index < -0.39 is 15.1 Å². The Balaban J connectivity index is 4.93. The van der Waals surface area contributed by atoms with E-state index in [2.05, 4.69) is 0 Å². The first kappa shape index (κ1) is 12.0. The Morgan fingerprint density at radius 1 is 1.62 bits per heavy atom. The lowest BCUT2D eigenvalue weighted by Gasteiger charge is -2.05. The van der Waals surface area contributed by atoms with Crippen molar-refractivity contribution in [1.82, 2.24) is 0 Å². The molecule has 0 amide bonds. The summed E-state index contributed by atoms with van der Waals surface area (Å²) in [5, 5.41) is 7.96. The van der Waals surface area contributed by atoms with E-state index in [1.54, 1.807) is 13.0 Å². The van der Waals surface area contributed by atoms with Crippen LogP contribution >= 0.6 is 0 Å². The first-order chi connectivity index (χ1) is 5.96. The van der Waals surface area contributed by atoms with E-state index in [1.165, 1.54) is 13.8 Å². The molecule has 0 aromatic heterocycles. The summed E-state index contributed by atoms with van der Waals surface area (Å²) < 4.78 is 27.6. The third kappa shape index (κ3) is 3.07. The summed E-state index contributed by atoms with van der Waals surface area (Å²) in [5.41, 5.74) is 0. The van der Waals surface area contributed by atoms with Crippen molar-refractivity contribution in [3.8, 4) is 6.07 Å². The van der Waals surface area contributed by atoms with Gasteiger partial charge in [-0.3, -0.25) is 0 Å². The first-order valence-electron chi connectivity index (χ1n) is 3.92. The molecule has 0 aromatic rings. The highest BCUT2D eigenvalue weighted by Crippen LogP contribution is 2.12. The number of nitriles is 1. The van der Waals surface area contributed by atoms with Crippen LogP contribution in [0.3, 0.4) is 0 Å². The molecule has 0 unspecified atom stereocenters. The second-order valence-electron chi connectivity index (χ2n) is 2.64. The Hall–Kier alpha value is -1.02. The van der Waals surface area contributed by atoms with Crippen LogP contribution in [0.25, 0.3) is 0 Å². The molecule has 0 heterocycles. The summed E-state index contributed by atoms with van der Waals surface area (Å²) in [6.07, 6.45) is 0.995. The van der Waals surface area contributed by atoms with E-state index >= 15 is 0 Å². The van der Waals surface area contributed by atoms with Gasteiger partial charge in [0, 0.05) is 0 Å². The minimum Gasteiger partial charge on any atom is -0.499 e. The van der Waals surface area contributed by atoms with Gasteiger partial charge in [0.25, 0.3) is 0 Å². The van der Waals surface area contributed by atoms with Crippen molar-refractivity contribution in [3.05, 3.63) is 11.2 Å². The lowest BCUT2D eigenvalue weighted by Crippen LogP contribution is -2.15. The molecule has 0 N–H and O–H groups in total. The average Bonchev–Trinajstić information content (AvgIpc) is 2.05. The maximum Gasteiger partial charge on any atom is 0.193 e. The van der Waals surface area contributed by atoms with Crippen LogP contribution in [0.5, 0.6) is 0 Å². The molecule has 0 atom stereocenters. The Morgan fingerprint density at radius 2 is 2.15 bits per heavy atom. The predicted octanol–water partition coefficient (Wildman–Crippen LogP) is 1.21. The van der Waals surface area contributed by atoms with Crippen molar-refractivity contribution in [2.75, 3.05) is 6.61 Å². The molecule has 13 heavy (non-hydrogen) atoms. The Morgan fingerprint density at radius 3 is 2.46 bits per heavy atom. The number of sulfone groups is 1. The minimum atomic E-state index is -3.49. The molecule has 0 rings (SSSR count). The summed E-state index contributed by atoms with van der Waals surface area (Å²) in [5.74, 6) is 0. The average molecular weight is 203 g/mol. The zero-order valence-corrected chi connectivity index (χ0v) is 8.76. The molecule has 0 radical (unpaired) electrons. The fourth-order valence-electron chi connectivity index (χ4n) is 0.570. The SMILES string of the molecule is CCOC=C(C#N)S(=O)(=O)C(C)C. The molecule has 0 bridgehead atoms. The number of rotatable bonds is 4. The van der Waals surface area contributed by atoms with Crippen LogP contribution < -0.4 is 0 Å². The van der Waals surface area contributed by atoms with Gasteiger partial charge in [-0.15, -0.1) is 0 Å². The molecular weight excluding hydrogens is 190 g/mol. The van der Waals surface area contributed by atoms with E-state index in [0.717, 1.165) is 6.26 Å². The molecule has 0 aliphatic heterocycles. The summed E-state index contributed by atoms with van der Waals surface area (Å²) in [6, 6.07) is 1.61. The Bertz CT molecular complexity index is 322. The molecular formula is C8H13NO3S. The van der Waals surface area contributed by atoms with Crippen molar-refractivity contribution in [3.63, 3.8) is 0 Å². The van der Waals surface area contributed by atoms with Gasteiger partial charge in [0.2, 0.25) is 0 Å². The van der Waals surface area contributed by atoms with Gasteiger partial charge in [-0.2, -0.15) is 5.26 Å². The molecule has 5 heteroatoms. The second-order valence-corrected chi connectivity index (χ2v) is 5.12. The van der Waals surface area contributed by atoms with Gasteiger partial charge >= 0.3 is 0 Å². The number of hydrogen-bond donors (Lipinski definition) is 0. The van der Waals surface area contributed by atoms with E-state index in [1.807, 2.05) is 0 Å². The van der Waals surface area contributed by atoms with Crippen molar-refractivity contribution in [2.45, 2.75) is 26.0 Å². The number of allylic oxidation sites excluding steroid dienone is 1. The van der Waals surface area contributed by atoms with E-state index in [4.69, 9.17) is 10.00 Å². The molecule has 0 fully saturated rings. The lowest BCUT2D eigenvalue weighted by molar-refractivity contribution is 0.268. The van der Waals surface area contributed by atoms with Crippen molar-refractivity contribution in [2.24, 2.45) is 0 Å². The standard InChI is InChI=1S/C8H13NO3S/c1-4-12-6-8(5-9)13(10,11)7(2)3/h6-7H,4H2,1-3H3. The third-order valence-corrected chi connectivity index (χ3v) is 3.44. The van der Waals surface area contributed by atoms with Gasteiger partial charge in [-0.1, -0.05) is 0 Å². The molecule has 0 aliphatic carbocycles. The van der Waals surface area contributed by atoms with Crippen molar-refractivity contribution < 1.29 is 13.2 Å². The molecule has 0 saturated heterocycles. The highest BCUT2D eigenvalue weighted by Gasteiger charge is 2.22. The lowest BCUT2D eigenvalue weighted by atomic mass is 10.6. The van der Waals surface area contributed by atoms with Gasteiger partial charge in [0.15, 0.2) is 14.7 Å².